The van der Waals surface area contributed by atoms with Crippen molar-refractivity contribution < 1.29 is 40.6 Å². The molecule has 2 aromatic carbocycles. The van der Waals surface area contributed by atoms with Gasteiger partial charge < -0.3 is 14.2 Å². The predicted octanol–water partition coefficient (Wildman–Crippen LogP) is 9.11. The highest BCUT2D eigenvalue weighted by Crippen LogP contribution is 2.43. The molecule has 0 radical (unpaired) electrons. The molecule has 214 valence electrons. The molecule has 3 nitrogen and oxygen atoms in total. The minimum Gasteiger partial charge on any atom is -0.429 e. The second-order valence-corrected chi connectivity index (χ2v) is 11.2. The zero-order chi connectivity index (χ0) is 27.6. The molecule has 2 aromatic rings. The van der Waals surface area contributed by atoms with Gasteiger partial charge in [-0.15, -0.1) is 13.2 Å². The fourth-order valence-electron chi connectivity index (χ4n) is 6.70. The van der Waals surface area contributed by atoms with Gasteiger partial charge in [0.15, 0.2) is 11.6 Å². The van der Waals surface area contributed by atoms with Gasteiger partial charge in [-0.25, -0.2) is 4.39 Å². The molecule has 3 fully saturated rings. The van der Waals surface area contributed by atoms with Gasteiger partial charge in [0, 0.05) is 6.07 Å². The Balaban J connectivity index is 1.12. The minimum absolute atomic E-state index is 0.287. The quantitative estimate of drug-likeness (QED) is 0.318. The second-order valence-electron chi connectivity index (χ2n) is 11.2. The lowest BCUT2D eigenvalue weighted by molar-refractivity contribution is -0.275. The molecule has 1 saturated heterocycles. The molecule has 0 bridgehead atoms. The van der Waals surface area contributed by atoms with Crippen molar-refractivity contribution in [1.82, 2.24) is 0 Å². The average Bonchev–Trinajstić information content (AvgIpc) is 3.45. The van der Waals surface area contributed by atoms with Crippen LogP contribution in [0.5, 0.6) is 11.5 Å². The summed E-state index contributed by atoms with van der Waals surface area (Å²) in [6.07, 6.45) is 3.35. The molecule has 39 heavy (non-hydrogen) atoms. The first-order valence-electron chi connectivity index (χ1n) is 13.9. The summed E-state index contributed by atoms with van der Waals surface area (Å²) in [5.74, 6) is -0.788. The Morgan fingerprint density at radius 2 is 1.36 bits per heavy atom. The van der Waals surface area contributed by atoms with Crippen molar-refractivity contribution in [1.29, 1.82) is 0 Å². The van der Waals surface area contributed by atoms with Crippen LogP contribution in [0.1, 0.15) is 81.3 Å². The SMILES string of the molecule is Fc1cc(OC(F)(F)c2ccc(C3CCC(C4CCC(C5CCCC5)CO4)CC3)cc2)ccc1OC(F)(F)F. The van der Waals surface area contributed by atoms with Gasteiger partial charge in [-0.05, 0) is 92.0 Å². The molecule has 9 heteroatoms. The summed E-state index contributed by atoms with van der Waals surface area (Å²) in [7, 11) is 0. The lowest BCUT2D eigenvalue weighted by Gasteiger charge is -2.39. The van der Waals surface area contributed by atoms with Crippen molar-refractivity contribution in [3.8, 4) is 11.5 Å². The van der Waals surface area contributed by atoms with Gasteiger partial charge in [0.05, 0.1) is 18.3 Å². The first-order chi connectivity index (χ1) is 18.6. The van der Waals surface area contributed by atoms with Crippen LogP contribution in [-0.4, -0.2) is 19.1 Å². The van der Waals surface area contributed by atoms with Gasteiger partial charge in [0.1, 0.15) is 5.75 Å². The van der Waals surface area contributed by atoms with Crippen LogP contribution < -0.4 is 9.47 Å². The molecule has 0 spiro atoms. The van der Waals surface area contributed by atoms with Crippen LogP contribution in [0.25, 0.3) is 0 Å². The summed E-state index contributed by atoms with van der Waals surface area (Å²) in [5.41, 5.74) is 0.557. The maximum Gasteiger partial charge on any atom is 0.573 e. The summed E-state index contributed by atoms with van der Waals surface area (Å²) in [6.45, 7) is 0.894. The lowest BCUT2D eigenvalue weighted by Crippen LogP contribution is -2.35. The number of hydrogen-bond donors (Lipinski definition) is 0. The van der Waals surface area contributed by atoms with Crippen LogP contribution in [0, 0.1) is 23.6 Å². The van der Waals surface area contributed by atoms with E-state index in [2.05, 4.69) is 9.47 Å². The first-order valence-corrected chi connectivity index (χ1v) is 13.9. The van der Waals surface area contributed by atoms with E-state index in [9.17, 15) is 26.3 Å². The number of alkyl halides is 5. The van der Waals surface area contributed by atoms with Gasteiger partial charge in [-0.2, -0.15) is 8.78 Å². The predicted molar refractivity (Wildman–Crippen MR) is 133 cm³/mol. The molecule has 0 amide bonds. The molecule has 2 atom stereocenters. The van der Waals surface area contributed by atoms with Crippen LogP contribution in [-0.2, 0) is 10.8 Å². The van der Waals surface area contributed by atoms with Crippen LogP contribution in [0.15, 0.2) is 42.5 Å². The fourth-order valence-corrected chi connectivity index (χ4v) is 6.70. The number of benzene rings is 2. The average molecular weight is 557 g/mol. The van der Waals surface area contributed by atoms with Crippen LogP contribution in [0.2, 0.25) is 0 Å². The smallest absolute Gasteiger partial charge is 0.429 e. The zero-order valence-electron chi connectivity index (χ0n) is 21.7. The Labute approximate surface area is 224 Å². The molecule has 2 unspecified atom stereocenters. The van der Waals surface area contributed by atoms with E-state index in [0.717, 1.165) is 62.2 Å². The second kappa shape index (κ2) is 11.6. The zero-order valence-corrected chi connectivity index (χ0v) is 21.7. The molecule has 0 N–H and O–H groups in total. The van der Waals surface area contributed by atoms with Crippen molar-refractivity contribution in [3.63, 3.8) is 0 Å². The Hall–Kier alpha value is -2.42. The molecule has 1 aliphatic heterocycles. The van der Waals surface area contributed by atoms with Gasteiger partial charge in [0.2, 0.25) is 0 Å². The van der Waals surface area contributed by atoms with E-state index < -0.39 is 35.4 Å². The molecule has 2 saturated carbocycles. The number of halogens is 6. The Bertz CT molecular complexity index is 1080. The summed E-state index contributed by atoms with van der Waals surface area (Å²) in [4.78, 5) is 0. The number of hydrogen-bond acceptors (Lipinski definition) is 3. The topological polar surface area (TPSA) is 27.7 Å². The molecule has 3 aliphatic rings. The van der Waals surface area contributed by atoms with Gasteiger partial charge >= 0.3 is 12.5 Å². The van der Waals surface area contributed by atoms with E-state index in [4.69, 9.17) is 4.74 Å². The molecular weight excluding hydrogens is 522 g/mol. The van der Waals surface area contributed by atoms with E-state index in [-0.39, 0.29) is 5.92 Å². The highest BCUT2D eigenvalue weighted by atomic mass is 19.4. The lowest BCUT2D eigenvalue weighted by atomic mass is 9.74. The van der Waals surface area contributed by atoms with E-state index in [0.29, 0.717) is 24.2 Å². The summed E-state index contributed by atoms with van der Waals surface area (Å²) < 4.78 is 94.7. The van der Waals surface area contributed by atoms with Crippen molar-refractivity contribution in [2.24, 2.45) is 17.8 Å². The Kier molecular flexibility index (Phi) is 8.36. The number of ether oxygens (including phenoxy) is 3. The Morgan fingerprint density at radius 1 is 0.692 bits per heavy atom. The summed E-state index contributed by atoms with van der Waals surface area (Å²) in [5, 5.41) is 0. The third kappa shape index (κ3) is 7.02. The van der Waals surface area contributed by atoms with E-state index >= 15 is 0 Å². The van der Waals surface area contributed by atoms with Crippen molar-refractivity contribution >= 4 is 0 Å². The molecular formula is C30H34F6O3. The van der Waals surface area contributed by atoms with Crippen LogP contribution >= 0.6 is 0 Å². The van der Waals surface area contributed by atoms with E-state index in [1.54, 1.807) is 12.1 Å². The fraction of sp³-hybridized carbons (Fsp3) is 0.600. The normalized spacial score (nSPS) is 26.9. The highest BCUT2D eigenvalue weighted by molar-refractivity contribution is 5.34. The number of rotatable bonds is 7. The van der Waals surface area contributed by atoms with Gasteiger partial charge in [0.25, 0.3) is 0 Å². The third-order valence-electron chi connectivity index (χ3n) is 8.80. The third-order valence-corrected chi connectivity index (χ3v) is 8.80. The first kappa shape index (κ1) is 28.1. The molecule has 2 aliphatic carbocycles. The summed E-state index contributed by atoms with van der Waals surface area (Å²) >= 11 is 0. The van der Waals surface area contributed by atoms with Crippen molar-refractivity contribution in [2.45, 2.75) is 88.7 Å². The van der Waals surface area contributed by atoms with Gasteiger partial charge in [-0.3, -0.25) is 0 Å². The van der Waals surface area contributed by atoms with Gasteiger partial charge in [-0.1, -0.05) is 37.8 Å². The largest absolute Gasteiger partial charge is 0.573 e. The van der Waals surface area contributed by atoms with Crippen molar-refractivity contribution in [3.05, 3.63) is 59.4 Å². The minimum atomic E-state index is -5.10. The monoisotopic (exact) mass is 556 g/mol. The van der Waals surface area contributed by atoms with Crippen molar-refractivity contribution in [2.75, 3.05) is 6.61 Å². The maximum absolute atomic E-state index is 14.7. The molecule has 5 rings (SSSR count). The van der Waals surface area contributed by atoms with E-state index in [1.165, 1.54) is 44.2 Å². The highest BCUT2D eigenvalue weighted by Gasteiger charge is 2.37. The standard InChI is InChI=1S/C30H34F6O3/c31-26-17-25(14-16-28(26)39-30(34,35)36)38-29(32,33)24-12-9-21(10-13-24)20-5-7-22(8-6-20)27-15-11-23(18-37-27)19-3-1-2-4-19/h9-10,12-14,16-17,19-20,22-23,27H,1-8,11,15,18H2. The van der Waals surface area contributed by atoms with E-state index in [1.807, 2.05) is 0 Å². The summed E-state index contributed by atoms with van der Waals surface area (Å²) in [6, 6.07) is 7.74. The molecule has 1 heterocycles. The Morgan fingerprint density at radius 3 is 1.95 bits per heavy atom. The van der Waals surface area contributed by atoms with Crippen LogP contribution in [0.4, 0.5) is 26.3 Å². The maximum atomic E-state index is 14.7. The van der Waals surface area contributed by atoms with Crippen LogP contribution in [0.3, 0.4) is 0 Å². The molecule has 0 aromatic heterocycles.